The molecule has 0 fully saturated rings. The van der Waals surface area contributed by atoms with Gasteiger partial charge in [0.25, 0.3) is 5.91 Å². The fraction of sp³-hybridized carbons (Fsp3) is 0.130. The lowest BCUT2D eigenvalue weighted by molar-refractivity contribution is -0.140. The van der Waals surface area contributed by atoms with E-state index in [4.69, 9.17) is 16.0 Å². The van der Waals surface area contributed by atoms with Crippen LogP contribution >= 0.6 is 11.6 Å². The number of anilines is 1. The van der Waals surface area contributed by atoms with Crippen LogP contribution in [0, 0.1) is 0 Å². The van der Waals surface area contributed by atoms with Gasteiger partial charge < -0.3 is 14.4 Å². The standard InChI is InChI=1S/C23H18ClNO4/c24-20-9-3-1-6-16(20)15-25-21-10-4-2-8-19(21)23(28,22(25)27)14-17(26)11-12-18-7-5-13-29-18/h1-13,28H,14-15H2/b12-11-/t23-/m0/s1. The average molecular weight is 408 g/mol. The van der Waals surface area contributed by atoms with Crippen LogP contribution in [0.5, 0.6) is 0 Å². The minimum absolute atomic E-state index is 0.203. The molecule has 0 radical (unpaired) electrons. The Morgan fingerprint density at radius 1 is 1.10 bits per heavy atom. The number of furan rings is 1. The first-order valence-corrected chi connectivity index (χ1v) is 9.48. The third kappa shape index (κ3) is 3.62. The van der Waals surface area contributed by atoms with Crippen molar-refractivity contribution >= 4 is 35.1 Å². The summed E-state index contributed by atoms with van der Waals surface area (Å²) in [6.45, 7) is 0.203. The van der Waals surface area contributed by atoms with Gasteiger partial charge >= 0.3 is 0 Å². The topological polar surface area (TPSA) is 70.7 Å². The van der Waals surface area contributed by atoms with Crippen molar-refractivity contribution in [2.24, 2.45) is 0 Å². The minimum Gasteiger partial charge on any atom is -0.465 e. The van der Waals surface area contributed by atoms with Gasteiger partial charge in [0.2, 0.25) is 0 Å². The normalized spacial score (nSPS) is 18.4. The third-order valence-corrected chi connectivity index (χ3v) is 5.30. The number of aliphatic hydroxyl groups is 1. The monoisotopic (exact) mass is 407 g/mol. The number of fused-ring (bicyclic) bond motifs is 1. The van der Waals surface area contributed by atoms with Gasteiger partial charge in [-0.25, -0.2) is 0 Å². The van der Waals surface area contributed by atoms with Crippen molar-refractivity contribution in [2.75, 3.05) is 4.90 Å². The molecule has 4 rings (SSSR count). The van der Waals surface area contributed by atoms with E-state index in [1.54, 1.807) is 42.5 Å². The maximum atomic E-state index is 13.2. The number of nitrogens with zero attached hydrogens (tertiary/aromatic N) is 1. The van der Waals surface area contributed by atoms with Gasteiger partial charge in [-0.15, -0.1) is 0 Å². The summed E-state index contributed by atoms with van der Waals surface area (Å²) in [6, 6.07) is 17.6. The lowest BCUT2D eigenvalue weighted by Gasteiger charge is -2.22. The summed E-state index contributed by atoms with van der Waals surface area (Å²) in [5.74, 6) is -0.408. The molecule has 1 atom stereocenters. The highest BCUT2D eigenvalue weighted by atomic mass is 35.5. The molecule has 1 amide bonds. The molecule has 0 unspecified atom stereocenters. The van der Waals surface area contributed by atoms with Crippen molar-refractivity contribution in [3.63, 3.8) is 0 Å². The lowest BCUT2D eigenvalue weighted by atomic mass is 9.90. The highest BCUT2D eigenvalue weighted by Gasteiger charge is 2.50. The second-order valence-electron chi connectivity index (χ2n) is 6.85. The van der Waals surface area contributed by atoms with E-state index in [1.807, 2.05) is 18.2 Å². The number of para-hydroxylation sites is 1. The molecule has 1 aromatic heterocycles. The number of hydrogen-bond donors (Lipinski definition) is 1. The Bertz CT molecular complexity index is 1090. The van der Waals surface area contributed by atoms with Crippen LogP contribution in [-0.4, -0.2) is 16.8 Å². The van der Waals surface area contributed by atoms with E-state index in [-0.39, 0.29) is 18.7 Å². The Balaban J connectivity index is 1.63. The number of allylic oxidation sites excluding steroid dienone is 1. The summed E-state index contributed by atoms with van der Waals surface area (Å²) in [5, 5.41) is 11.8. The second-order valence-corrected chi connectivity index (χ2v) is 7.26. The fourth-order valence-electron chi connectivity index (χ4n) is 3.50. The van der Waals surface area contributed by atoms with Crippen LogP contribution in [0.25, 0.3) is 6.08 Å². The summed E-state index contributed by atoms with van der Waals surface area (Å²) in [6.07, 6.45) is 3.96. The van der Waals surface area contributed by atoms with E-state index < -0.39 is 11.5 Å². The first-order chi connectivity index (χ1) is 14.0. The number of carbonyl (C=O) groups excluding carboxylic acids is 2. The largest absolute Gasteiger partial charge is 0.465 e. The number of halogens is 1. The summed E-state index contributed by atoms with van der Waals surface area (Å²) in [5.41, 5.74) is -0.187. The molecule has 1 aliphatic rings. The molecule has 2 heterocycles. The Hall–Kier alpha value is -3.15. The van der Waals surface area contributed by atoms with Gasteiger partial charge in [-0.05, 0) is 42.0 Å². The zero-order chi connectivity index (χ0) is 20.4. The highest BCUT2D eigenvalue weighted by molar-refractivity contribution is 6.31. The van der Waals surface area contributed by atoms with Gasteiger partial charge in [-0.1, -0.05) is 48.0 Å². The SMILES string of the molecule is O=C(/C=C\c1ccco1)C[C@@]1(O)C(=O)N(Cc2ccccc2Cl)c2ccccc21. The Morgan fingerprint density at radius 2 is 1.86 bits per heavy atom. The van der Waals surface area contributed by atoms with Crippen LogP contribution in [0.3, 0.4) is 0 Å². The first-order valence-electron chi connectivity index (χ1n) is 9.11. The van der Waals surface area contributed by atoms with Gasteiger partial charge in [-0.3, -0.25) is 9.59 Å². The van der Waals surface area contributed by atoms with Crippen LogP contribution < -0.4 is 4.90 Å². The summed E-state index contributed by atoms with van der Waals surface area (Å²) >= 11 is 6.25. The van der Waals surface area contributed by atoms with Crippen LogP contribution in [0.15, 0.2) is 77.4 Å². The molecule has 5 nitrogen and oxygen atoms in total. The summed E-state index contributed by atoms with van der Waals surface area (Å²) < 4.78 is 5.16. The third-order valence-electron chi connectivity index (χ3n) is 4.93. The van der Waals surface area contributed by atoms with Gasteiger partial charge in [0.05, 0.1) is 24.9 Å². The Morgan fingerprint density at radius 3 is 2.62 bits per heavy atom. The van der Waals surface area contributed by atoms with E-state index >= 15 is 0 Å². The number of amides is 1. The molecule has 0 bridgehead atoms. The maximum absolute atomic E-state index is 13.2. The molecule has 0 saturated carbocycles. The maximum Gasteiger partial charge on any atom is 0.264 e. The number of ketones is 1. The van der Waals surface area contributed by atoms with Crippen molar-refractivity contribution < 1.29 is 19.1 Å². The van der Waals surface area contributed by atoms with Crippen LogP contribution in [0.4, 0.5) is 5.69 Å². The molecule has 0 aliphatic carbocycles. The summed E-state index contributed by atoms with van der Waals surface area (Å²) in [4.78, 5) is 27.2. The molecule has 2 aromatic carbocycles. The minimum atomic E-state index is -1.93. The van der Waals surface area contributed by atoms with E-state index in [2.05, 4.69) is 0 Å². The van der Waals surface area contributed by atoms with E-state index in [0.29, 0.717) is 22.0 Å². The summed E-state index contributed by atoms with van der Waals surface area (Å²) in [7, 11) is 0. The van der Waals surface area contributed by atoms with Gasteiger partial charge in [0.15, 0.2) is 11.4 Å². The smallest absolute Gasteiger partial charge is 0.264 e. The van der Waals surface area contributed by atoms with Crippen molar-refractivity contribution in [3.8, 4) is 0 Å². The molecule has 1 aliphatic heterocycles. The molecule has 6 heteroatoms. The molecular weight excluding hydrogens is 390 g/mol. The average Bonchev–Trinajstić information content (AvgIpc) is 3.30. The van der Waals surface area contributed by atoms with Crippen LogP contribution in [0.1, 0.15) is 23.3 Å². The predicted octanol–water partition coefficient (Wildman–Crippen LogP) is 4.34. The fourth-order valence-corrected chi connectivity index (χ4v) is 3.70. The number of rotatable bonds is 6. The van der Waals surface area contributed by atoms with Gasteiger partial charge in [0.1, 0.15) is 5.76 Å². The molecule has 3 aromatic rings. The number of carbonyl (C=O) groups is 2. The van der Waals surface area contributed by atoms with Crippen LogP contribution in [-0.2, 0) is 21.7 Å². The second kappa shape index (κ2) is 7.70. The van der Waals surface area contributed by atoms with Crippen molar-refractivity contribution in [1.29, 1.82) is 0 Å². The van der Waals surface area contributed by atoms with Crippen molar-refractivity contribution in [2.45, 2.75) is 18.6 Å². The predicted molar refractivity (Wildman–Crippen MR) is 110 cm³/mol. The van der Waals surface area contributed by atoms with Crippen molar-refractivity contribution in [1.82, 2.24) is 0 Å². The zero-order valence-electron chi connectivity index (χ0n) is 15.4. The first kappa shape index (κ1) is 19.2. The zero-order valence-corrected chi connectivity index (χ0v) is 16.2. The van der Waals surface area contributed by atoms with Gasteiger partial charge in [0, 0.05) is 10.6 Å². The molecule has 146 valence electrons. The van der Waals surface area contributed by atoms with Crippen molar-refractivity contribution in [3.05, 3.63) is 94.9 Å². The molecule has 1 N–H and O–H groups in total. The van der Waals surface area contributed by atoms with E-state index in [1.165, 1.54) is 23.3 Å². The molecule has 0 spiro atoms. The van der Waals surface area contributed by atoms with Gasteiger partial charge in [-0.2, -0.15) is 0 Å². The van der Waals surface area contributed by atoms with E-state index in [0.717, 1.165) is 5.56 Å². The molecule has 0 saturated heterocycles. The Labute approximate surface area is 172 Å². The number of hydrogen-bond acceptors (Lipinski definition) is 4. The van der Waals surface area contributed by atoms with E-state index in [9.17, 15) is 14.7 Å². The molecular formula is C23H18ClNO4. The Kier molecular flexibility index (Phi) is 5.09. The quantitative estimate of drug-likeness (QED) is 0.617. The lowest BCUT2D eigenvalue weighted by Crippen LogP contribution is -2.41. The number of benzene rings is 2. The highest BCUT2D eigenvalue weighted by Crippen LogP contribution is 2.43. The molecule has 29 heavy (non-hydrogen) atoms. The van der Waals surface area contributed by atoms with Crippen LogP contribution in [0.2, 0.25) is 5.02 Å².